The molecule has 0 atom stereocenters. The molecule has 1 aromatic carbocycles. The number of piperazine rings is 1. The van der Waals surface area contributed by atoms with E-state index in [4.69, 9.17) is 14.2 Å². The van der Waals surface area contributed by atoms with Crippen LogP contribution >= 0.6 is 0 Å². The van der Waals surface area contributed by atoms with E-state index in [0.29, 0.717) is 11.5 Å². The minimum Gasteiger partial charge on any atom is -0.493 e. The van der Waals surface area contributed by atoms with E-state index in [-0.39, 0.29) is 24.5 Å². The SMILES string of the molecule is COc1ccc(S(=O)(=O)N2CCN(C(=O)OC(C)(C)C)CC2(C)C)cc1OC. The fraction of sp³-hybridized carbons (Fsp3) is 0.632. The van der Waals surface area contributed by atoms with Gasteiger partial charge in [0.1, 0.15) is 5.60 Å². The fourth-order valence-electron chi connectivity index (χ4n) is 3.17. The lowest BCUT2D eigenvalue weighted by atomic mass is 10.0. The standard InChI is InChI=1S/C19H30N2O6S/c1-18(2,3)27-17(22)20-10-11-21(19(4,5)13-20)28(23,24)14-8-9-15(25-6)16(12-14)26-7/h8-9,12H,10-11,13H2,1-7H3. The smallest absolute Gasteiger partial charge is 0.410 e. The predicted octanol–water partition coefficient (Wildman–Crippen LogP) is 2.72. The minimum atomic E-state index is -3.79. The third kappa shape index (κ3) is 4.70. The van der Waals surface area contributed by atoms with Gasteiger partial charge < -0.3 is 19.1 Å². The second kappa shape index (κ2) is 7.79. The lowest BCUT2D eigenvalue weighted by molar-refractivity contribution is 0.00352. The van der Waals surface area contributed by atoms with Gasteiger partial charge in [-0.05, 0) is 46.8 Å². The molecule has 2 rings (SSSR count). The van der Waals surface area contributed by atoms with Crippen LogP contribution in [-0.2, 0) is 14.8 Å². The molecule has 0 unspecified atom stereocenters. The Labute approximate surface area is 167 Å². The normalized spacial score (nSPS) is 17.9. The number of rotatable bonds is 4. The van der Waals surface area contributed by atoms with Crippen LogP contribution in [0.1, 0.15) is 34.6 Å². The van der Waals surface area contributed by atoms with Gasteiger partial charge in [0.25, 0.3) is 0 Å². The van der Waals surface area contributed by atoms with Crippen molar-refractivity contribution in [3.8, 4) is 11.5 Å². The van der Waals surface area contributed by atoms with Crippen LogP contribution in [0.2, 0.25) is 0 Å². The number of carbonyl (C=O) groups excluding carboxylic acids is 1. The third-order valence-corrected chi connectivity index (χ3v) is 6.53. The number of benzene rings is 1. The van der Waals surface area contributed by atoms with Gasteiger partial charge in [0.2, 0.25) is 10.0 Å². The second-order valence-electron chi connectivity index (χ2n) is 8.31. The first-order valence-corrected chi connectivity index (χ1v) is 10.5. The Kier molecular flexibility index (Phi) is 6.20. The Morgan fingerprint density at radius 2 is 1.68 bits per heavy atom. The summed E-state index contributed by atoms with van der Waals surface area (Å²) in [5, 5.41) is 0. The van der Waals surface area contributed by atoms with Crippen molar-refractivity contribution in [2.75, 3.05) is 33.9 Å². The van der Waals surface area contributed by atoms with E-state index in [0.717, 1.165) is 0 Å². The number of amides is 1. The maximum atomic E-state index is 13.3. The highest BCUT2D eigenvalue weighted by atomic mass is 32.2. The molecule has 28 heavy (non-hydrogen) atoms. The van der Waals surface area contributed by atoms with Gasteiger partial charge in [-0.3, -0.25) is 0 Å². The van der Waals surface area contributed by atoms with Crippen LogP contribution < -0.4 is 9.47 Å². The van der Waals surface area contributed by atoms with Crippen LogP contribution in [0.4, 0.5) is 4.79 Å². The van der Waals surface area contributed by atoms with E-state index >= 15 is 0 Å². The van der Waals surface area contributed by atoms with Crippen molar-refractivity contribution in [2.24, 2.45) is 0 Å². The molecule has 1 aromatic rings. The first-order chi connectivity index (χ1) is 12.8. The van der Waals surface area contributed by atoms with Gasteiger partial charge in [0, 0.05) is 31.2 Å². The molecular formula is C19H30N2O6S. The van der Waals surface area contributed by atoms with Crippen LogP contribution in [0.15, 0.2) is 23.1 Å². The molecule has 8 nitrogen and oxygen atoms in total. The highest BCUT2D eigenvalue weighted by molar-refractivity contribution is 7.89. The number of hydrogen-bond acceptors (Lipinski definition) is 6. The van der Waals surface area contributed by atoms with Crippen molar-refractivity contribution in [1.29, 1.82) is 0 Å². The zero-order valence-electron chi connectivity index (χ0n) is 17.6. The quantitative estimate of drug-likeness (QED) is 0.753. The van der Waals surface area contributed by atoms with Gasteiger partial charge in [0.05, 0.1) is 19.1 Å². The van der Waals surface area contributed by atoms with Crippen molar-refractivity contribution >= 4 is 16.1 Å². The molecule has 0 aliphatic carbocycles. The van der Waals surface area contributed by atoms with Crippen molar-refractivity contribution in [3.05, 3.63) is 18.2 Å². The van der Waals surface area contributed by atoms with Crippen LogP contribution in [-0.4, -0.2) is 68.7 Å². The van der Waals surface area contributed by atoms with Gasteiger partial charge >= 0.3 is 6.09 Å². The van der Waals surface area contributed by atoms with Crippen molar-refractivity contribution < 1.29 is 27.4 Å². The number of ether oxygens (including phenoxy) is 3. The lowest BCUT2D eigenvalue weighted by Gasteiger charge is -2.45. The molecule has 9 heteroatoms. The Morgan fingerprint density at radius 3 is 2.18 bits per heavy atom. The Balaban J connectivity index is 2.27. The summed E-state index contributed by atoms with van der Waals surface area (Å²) < 4.78 is 43.8. The summed E-state index contributed by atoms with van der Waals surface area (Å²) in [6, 6.07) is 4.51. The average Bonchev–Trinajstić information content (AvgIpc) is 2.58. The van der Waals surface area contributed by atoms with Crippen LogP contribution in [0.3, 0.4) is 0 Å². The number of methoxy groups -OCH3 is 2. The van der Waals surface area contributed by atoms with Gasteiger partial charge in [-0.1, -0.05) is 0 Å². The summed E-state index contributed by atoms with van der Waals surface area (Å²) in [6.45, 7) is 9.64. The number of sulfonamides is 1. The summed E-state index contributed by atoms with van der Waals surface area (Å²) in [5.74, 6) is 0.796. The molecule has 0 spiro atoms. The Morgan fingerprint density at radius 1 is 1.07 bits per heavy atom. The number of carbonyl (C=O) groups is 1. The highest BCUT2D eigenvalue weighted by Gasteiger charge is 2.43. The van der Waals surface area contributed by atoms with E-state index in [1.807, 2.05) is 0 Å². The first-order valence-electron chi connectivity index (χ1n) is 9.04. The molecule has 1 saturated heterocycles. The van der Waals surface area contributed by atoms with Crippen LogP contribution in [0.5, 0.6) is 11.5 Å². The zero-order valence-corrected chi connectivity index (χ0v) is 18.4. The van der Waals surface area contributed by atoms with E-state index in [1.165, 1.54) is 30.7 Å². The van der Waals surface area contributed by atoms with Crippen molar-refractivity contribution in [2.45, 2.75) is 50.7 Å². The highest BCUT2D eigenvalue weighted by Crippen LogP contribution is 2.34. The molecule has 0 N–H and O–H groups in total. The summed E-state index contributed by atoms with van der Waals surface area (Å²) in [6.07, 6.45) is -0.441. The Bertz CT molecular complexity index is 829. The van der Waals surface area contributed by atoms with Crippen LogP contribution in [0.25, 0.3) is 0 Å². The second-order valence-corrected chi connectivity index (χ2v) is 10.2. The summed E-state index contributed by atoms with van der Waals surface area (Å²) in [7, 11) is -0.845. The maximum Gasteiger partial charge on any atom is 0.410 e. The van der Waals surface area contributed by atoms with E-state index in [1.54, 1.807) is 45.6 Å². The van der Waals surface area contributed by atoms with E-state index in [2.05, 4.69) is 0 Å². The molecule has 0 bridgehead atoms. The molecule has 1 fully saturated rings. The average molecular weight is 415 g/mol. The number of nitrogens with zero attached hydrogens (tertiary/aromatic N) is 2. The molecule has 0 radical (unpaired) electrons. The maximum absolute atomic E-state index is 13.3. The van der Waals surface area contributed by atoms with E-state index in [9.17, 15) is 13.2 Å². The molecular weight excluding hydrogens is 384 g/mol. The van der Waals surface area contributed by atoms with Gasteiger partial charge in [-0.2, -0.15) is 4.31 Å². The van der Waals surface area contributed by atoms with Crippen molar-refractivity contribution in [3.63, 3.8) is 0 Å². The molecule has 1 aliphatic rings. The first kappa shape index (κ1) is 22.3. The summed E-state index contributed by atoms with van der Waals surface area (Å²) in [5.41, 5.74) is -1.41. The zero-order chi connectivity index (χ0) is 21.3. The third-order valence-electron chi connectivity index (χ3n) is 4.42. The largest absolute Gasteiger partial charge is 0.493 e. The molecule has 1 aliphatic heterocycles. The molecule has 0 aromatic heterocycles. The fourth-order valence-corrected chi connectivity index (χ4v) is 4.95. The Hall–Kier alpha value is -2.00. The summed E-state index contributed by atoms with van der Waals surface area (Å²) >= 11 is 0. The minimum absolute atomic E-state index is 0.115. The molecule has 158 valence electrons. The number of hydrogen-bond donors (Lipinski definition) is 0. The lowest BCUT2D eigenvalue weighted by Crippen LogP contribution is -2.62. The van der Waals surface area contributed by atoms with Crippen molar-refractivity contribution in [1.82, 2.24) is 9.21 Å². The van der Waals surface area contributed by atoms with Crippen LogP contribution in [0, 0.1) is 0 Å². The molecule has 1 amide bonds. The van der Waals surface area contributed by atoms with Gasteiger partial charge in [-0.25, -0.2) is 13.2 Å². The predicted molar refractivity (Wildman–Crippen MR) is 105 cm³/mol. The monoisotopic (exact) mass is 414 g/mol. The van der Waals surface area contributed by atoms with Gasteiger partial charge in [0.15, 0.2) is 11.5 Å². The van der Waals surface area contributed by atoms with Gasteiger partial charge in [-0.15, -0.1) is 0 Å². The molecule has 0 saturated carbocycles. The summed E-state index contributed by atoms with van der Waals surface area (Å²) in [4.78, 5) is 14.0. The molecule has 1 heterocycles. The van der Waals surface area contributed by atoms with E-state index < -0.39 is 27.3 Å². The topological polar surface area (TPSA) is 85.4 Å².